The molecule has 1 aromatic heterocycles. The number of imidazole rings is 1. The molecule has 2 aromatic rings. The van der Waals surface area contributed by atoms with Gasteiger partial charge in [-0.2, -0.15) is 0 Å². The second-order valence-corrected chi connectivity index (χ2v) is 3.23. The predicted molar refractivity (Wildman–Crippen MR) is 61.5 cm³/mol. The molecule has 0 fully saturated rings. The van der Waals surface area contributed by atoms with Crippen LogP contribution in [0.2, 0.25) is 0 Å². The molecule has 5 nitrogen and oxygen atoms in total. The zero-order chi connectivity index (χ0) is 11.5. The van der Waals surface area contributed by atoms with Crippen molar-refractivity contribution in [3.05, 3.63) is 24.5 Å². The molecule has 0 radical (unpaired) electrons. The number of nitrogens with zero attached hydrogens (tertiary/aromatic N) is 1. The van der Waals surface area contributed by atoms with Gasteiger partial charge < -0.3 is 20.2 Å². The summed E-state index contributed by atoms with van der Waals surface area (Å²) in [6.45, 7) is 0. The highest BCUT2D eigenvalue weighted by Crippen LogP contribution is 2.35. The lowest BCUT2D eigenvalue weighted by molar-refractivity contribution is 0.396. The molecule has 0 aliphatic heterocycles. The van der Waals surface area contributed by atoms with Gasteiger partial charge in [-0.15, -0.1) is 0 Å². The van der Waals surface area contributed by atoms with Crippen LogP contribution in [-0.4, -0.2) is 24.2 Å². The molecule has 3 N–H and O–H groups in total. The number of ether oxygens (including phenoxy) is 2. The van der Waals surface area contributed by atoms with Gasteiger partial charge in [0.1, 0.15) is 17.3 Å². The first-order chi connectivity index (χ1) is 7.76. The lowest BCUT2D eigenvalue weighted by Crippen LogP contribution is -1.97. The summed E-state index contributed by atoms with van der Waals surface area (Å²) in [5, 5.41) is 0. The fourth-order valence-electron chi connectivity index (χ4n) is 1.50. The molecule has 16 heavy (non-hydrogen) atoms. The van der Waals surface area contributed by atoms with E-state index in [-0.39, 0.29) is 0 Å². The van der Waals surface area contributed by atoms with Crippen molar-refractivity contribution in [2.24, 2.45) is 0 Å². The normalized spacial score (nSPS) is 10.1. The van der Waals surface area contributed by atoms with E-state index in [9.17, 15) is 0 Å². The van der Waals surface area contributed by atoms with Crippen molar-refractivity contribution in [2.75, 3.05) is 20.0 Å². The number of H-pyrrole nitrogens is 1. The Balaban J connectivity index is 2.59. The summed E-state index contributed by atoms with van der Waals surface area (Å²) in [6.07, 6.45) is 3.40. The van der Waals surface area contributed by atoms with Crippen LogP contribution in [0.15, 0.2) is 24.5 Å². The zero-order valence-corrected chi connectivity index (χ0v) is 9.15. The van der Waals surface area contributed by atoms with Crippen LogP contribution in [0.5, 0.6) is 11.5 Å². The van der Waals surface area contributed by atoms with Gasteiger partial charge in [0.2, 0.25) is 0 Å². The molecular weight excluding hydrogens is 206 g/mol. The first kappa shape index (κ1) is 10.4. The highest BCUT2D eigenvalue weighted by molar-refractivity contribution is 5.78. The van der Waals surface area contributed by atoms with Crippen LogP contribution in [0.1, 0.15) is 0 Å². The third-order valence-electron chi connectivity index (χ3n) is 2.32. The Morgan fingerprint density at radius 1 is 1.25 bits per heavy atom. The maximum absolute atomic E-state index is 5.97. The van der Waals surface area contributed by atoms with E-state index in [4.69, 9.17) is 15.2 Å². The van der Waals surface area contributed by atoms with Crippen LogP contribution in [0.3, 0.4) is 0 Å². The summed E-state index contributed by atoms with van der Waals surface area (Å²) in [5.74, 6) is 1.94. The van der Waals surface area contributed by atoms with Gasteiger partial charge in [-0.05, 0) is 6.07 Å². The van der Waals surface area contributed by atoms with Crippen molar-refractivity contribution in [2.45, 2.75) is 0 Å². The number of nitrogens with two attached hydrogens (primary N) is 1. The SMILES string of the molecule is COc1cc(OC)c(N)c(-c2ncc[nH]2)c1. The number of hydrogen-bond acceptors (Lipinski definition) is 4. The number of methoxy groups -OCH3 is 2. The minimum atomic E-state index is 0.540. The number of nitrogen functional groups attached to an aromatic ring is 1. The molecule has 2 rings (SSSR count). The zero-order valence-electron chi connectivity index (χ0n) is 9.15. The molecule has 0 aliphatic rings. The molecule has 0 spiro atoms. The fourth-order valence-corrected chi connectivity index (χ4v) is 1.50. The lowest BCUT2D eigenvalue weighted by Gasteiger charge is -2.11. The summed E-state index contributed by atoms with van der Waals surface area (Å²) in [7, 11) is 3.16. The van der Waals surface area contributed by atoms with Gasteiger partial charge in [-0.1, -0.05) is 0 Å². The van der Waals surface area contributed by atoms with Crippen molar-refractivity contribution in [3.63, 3.8) is 0 Å². The Hall–Kier alpha value is -2.17. The molecule has 1 heterocycles. The topological polar surface area (TPSA) is 73.2 Å². The quantitative estimate of drug-likeness (QED) is 0.770. The summed E-state index contributed by atoms with van der Waals surface area (Å²) in [6, 6.07) is 3.55. The van der Waals surface area contributed by atoms with Crippen molar-refractivity contribution < 1.29 is 9.47 Å². The number of aromatic amines is 1. The highest BCUT2D eigenvalue weighted by atomic mass is 16.5. The Kier molecular flexibility index (Phi) is 2.68. The van der Waals surface area contributed by atoms with Gasteiger partial charge in [0, 0.05) is 24.0 Å². The lowest BCUT2D eigenvalue weighted by atomic mass is 10.1. The van der Waals surface area contributed by atoms with Gasteiger partial charge in [-0.25, -0.2) is 4.98 Å². The van der Waals surface area contributed by atoms with Crippen molar-refractivity contribution >= 4 is 5.69 Å². The van der Waals surface area contributed by atoms with Gasteiger partial charge in [0.15, 0.2) is 0 Å². The number of aromatic nitrogens is 2. The second-order valence-electron chi connectivity index (χ2n) is 3.23. The standard InChI is InChI=1S/C11H13N3O2/c1-15-7-5-8(11-13-3-4-14-11)10(12)9(6-7)16-2/h3-6H,12H2,1-2H3,(H,13,14). The Labute approximate surface area is 93.2 Å². The molecule has 0 bridgehead atoms. The van der Waals surface area contributed by atoms with E-state index in [1.54, 1.807) is 32.7 Å². The largest absolute Gasteiger partial charge is 0.497 e. The first-order valence-electron chi connectivity index (χ1n) is 4.77. The van der Waals surface area contributed by atoms with Gasteiger partial charge in [0.25, 0.3) is 0 Å². The molecule has 84 valence electrons. The number of benzene rings is 1. The summed E-state index contributed by atoms with van der Waals surface area (Å²) in [4.78, 5) is 7.15. The van der Waals surface area contributed by atoms with E-state index in [1.807, 2.05) is 6.07 Å². The minimum absolute atomic E-state index is 0.540. The van der Waals surface area contributed by atoms with Gasteiger partial charge in [-0.3, -0.25) is 0 Å². The van der Waals surface area contributed by atoms with Crippen molar-refractivity contribution in [1.82, 2.24) is 9.97 Å². The van der Waals surface area contributed by atoms with E-state index < -0.39 is 0 Å². The smallest absolute Gasteiger partial charge is 0.146 e. The van der Waals surface area contributed by atoms with Crippen LogP contribution < -0.4 is 15.2 Å². The third-order valence-corrected chi connectivity index (χ3v) is 2.32. The number of hydrogen-bond donors (Lipinski definition) is 2. The van der Waals surface area contributed by atoms with Crippen LogP contribution in [0.4, 0.5) is 5.69 Å². The summed E-state index contributed by atoms with van der Waals surface area (Å²) in [5.41, 5.74) is 7.27. The summed E-state index contributed by atoms with van der Waals surface area (Å²) >= 11 is 0. The molecular formula is C11H13N3O2. The van der Waals surface area contributed by atoms with Gasteiger partial charge >= 0.3 is 0 Å². The fraction of sp³-hybridized carbons (Fsp3) is 0.182. The molecule has 0 amide bonds. The van der Waals surface area contributed by atoms with Crippen molar-refractivity contribution in [1.29, 1.82) is 0 Å². The van der Waals surface area contributed by atoms with Crippen LogP contribution in [0.25, 0.3) is 11.4 Å². The molecule has 0 atom stereocenters. The van der Waals surface area contributed by atoms with Gasteiger partial charge in [0.05, 0.1) is 19.9 Å². The maximum atomic E-state index is 5.97. The first-order valence-corrected chi connectivity index (χ1v) is 4.77. The van der Waals surface area contributed by atoms with E-state index in [0.717, 1.165) is 5.56 Å². The van der Waals surface area contributed by atoms with Crippen molar-refractivity contribution in [3.8, 4) is 22.9 Å². The number of rotatable bonds is 3. The average molecular weight is 219 g/mol. The van der Waals surface area contributed by atoms with E-state index in [0.29, 0.717) is 23.0 Å². The van der Waals surface area contributed by atoms with Crippen LogP contribution >= 0.6 is 0 Å². The molecule has 0 unspecified atom stereocenters. The Morgan fingerprint density at radius 3 is 2.62 bits per heavy atom. The second kappa shape index (κ2) is 4.14. The monoisotopic (exact) mass is 219 g/mol. The number of nitrogens with one attached hydrogen (secondary N) is 1. The number of anilines is 1. The molecule has 0 saturated heterocycles. The predicted octanol–water partition coefficient (Wildman–Crippen LogP) is 1.68. The highest BCUT2D eigenvalue weighted by Gasteiger charge is 2.12. The van der Waals surface area contributed by atoms with Crippen LogP contribution in [0, 0.1) is 0 Å². The average Bonchev–Trinajstić information content (AvgIpc) is 2.83. The van der Waals surface area contributed by atoms with E-state index in [1.165, 1.54) is 0 Å². The molecule has 0 aliphatic carbocycles. The van der Waals surface area contributed by atoms with E-state index >= 15 is 0 Å². The third kappa shape index (κ3) is 1.67. The Morgan fingerprint density at radius 2 is 2.06 bits per heavy atom. The molecule has 1 aromatic carbocycles. The Bertz CT molecular complexity index is 480. The maximum Gasteiger partial charge on any atom is 0.146 e. The summed E-state index contributed by atoms with van der Waals surface area (Å²) < 4.78 is 10.4. The molecule has 0 saturated carbocycles. The molecule has 5 heteroatoms. The minimum Gasteiger partial charge on any atom is -0.497 e. The van der Waals surface area contributed by atoms with Crippen LogP contribution in [-0.2, 0) is 0 Å². The van der Waals surface area contributed by atoms with E-state index in [2.05, 4.69) is 9.97 Å².